The third kappa shape index (κ3) is 3.08. The molecule has 3 aromatic rings. The molecular formula is C16H14FN3O. The molecule has 0 unspecified atom stereocenters. The van der Waals surface area contributed by atoms with E-state index in [0.29, 0.717) is 24.2 Å². The highest BCUT2D eigenvalue weighted by atomic mass is 19.1. The van der Waals surface area contributed by atoms with Crippen LogP contribution in [0, 0.1) is 5.82 Å². The molecule has 0 radical (unpaired) electrons. The van der Waals surface area contributed by atoms with Gasteiger partial charge in [0.1, 0.15) is 11.5 Å². The van der Waals surface area contributed by atoms with Crippen molar-refractivity contribution in [1.29, 1.82) is 0 Å². The summed E-state index contributed by atoms with van der Waals surface area (Å²) in [4.78, 5) is 16.2. The molecule has 106 valence electrons. The van der Waals surface area contributed by atoms with Crippen molar-refractivity contribution in [1.82, 2.24) is 14.7 Å². The van der Waals surface area contributed by atoms with Gasteiger partial charge in [-0.1, -0.05) is 18.2 Å². The Bertz CT molecular complexity index is 768. The Morgan fingerprint density at radius 2 is 1.95 bits per heavy atom. The SMILES string of the molecule is O=C(NCCc1cn2cc(F)ccc2n1)c1ccccc1. The molecular weight excluding hydrogens is 269 g/mol. The zero-order valence-electron chi connectivity index (χ0n) is 11.3. The number of hydrogen-bond acceptors (Lipinski definition) is 2. The van der Waals surface area contributed by atoms with Crippen molar-refractivity contribution < 1.29 is 9.18 Å². The minimum atomic E-state index is -0.302. The third-order valence-electron chi connectivity index (χ3n) is 3.17. The summed E-state index contributed by atoms with van der Waals surface area (Å²) >= 11 is 0. The number of pyridine rings is 1. The van der Waals surface area contributed by atoms with Gasteiger partial charge < -0.3 is 9.72 Å². The lowest BCUT2D eigenvalue weighted by Crippen LogP contribution is -2.25. The van der Waals surface area contributed by atoms with Crippen molar-refractivity contribution in [3.05, 3.63) is 71.9 Å². The molecule has 2 heterocycles. The molecule has 1 amide bonds. The number of hydrogen-bond donors (Lipinski definition) is 1. The van der Waals surface area contributed by atoms with Crippen LogP contribution in [-0.2, 0) is 6.42 Å². The van der Waals surface area contributed by atoms with Gasteiger partial charge in [0.15, 0.2) is 0 Å². The number of nitrogens with zero attached hydrogens (tertiary/aromatic N) is 2. The van der Waals surface area contributed by atoms with E-state index in [1.807, 2.05) is 18.2 Å². The molecule has 3 rings (SSSR count). The maximum atomic E-state index is 13.1. The summed E-state index contributed by atoms with van der Waals surface area (Å²) in [5, 5.41) is 2.84. The molecule has 1 aromatic carbocycles. The van der Waals surface area contributed by atoms with E-state index < -0.39 is 0 Å². The zero-order chi connectivity index (χ0) is 14.7. The number of carbonyl (C=O) groups is 1. The lowest BCUT2D eigenvalue weighted by atomic mass is 10.2. The van der Waals surface area contributed by atoms with Crippen LogP contribution in [0.5, 0.6) is 0 Å². The number of imidazole rings is 1. The van der Waals surface area contributed by atoms with Crippen LogP contribution in [0.25, 0.3) is 5.65 Å². The van der Waals surface area contributed by atoms with Crippen molar-refractivity contribution in [2.75, 3.05) is 6.54 Å². The van der Waals surface area contributed by atoms with Crippen LogP contribution >= 0.6 is 0 Å². The van der Waals surface area contributed by atoms with Crippen LogP contribution in [0.15, 0.2) is 54.9 Å². The maximum absolute atomic E-state index is 13.1. The highest BCUT2D eigenvalue weighted by Gasteiger charge is 2.05. The van der Waals surface area contributed by atoms with Gasteiger partial charge in [0.25, 0.3) is 5.91 Å². The number of aromatic nitrogens is 2. The molecule has 0 spiro atoms. The van der Waals surface area contributed by atoms with E-state index in [4.69, 9.17) is 0 Å². The number of benzene rings is 1. The van der Waals surface area contributed by atoms with E-state index in [-0.39, 0.29) is 11.7 Å². The first-order chi connectivity index (χ1) is 10.2. The Labute approximate surface area is 121 Å². The summed E-state index contributed by atoms with van der Waals surface area (Å²) < 4.78 is 14.7. The largest absolute Gasteiger partial charge is 0.352 e. The van der Waals surface area contributed by atoms with Crippen molar-refractivity contribution in [3.63, 3.8) is 0 Å². The smallest absolute Gasteiger partial charge is 0.251 e. The Morgan fingerprint density at radius 1 is 1.14 bits per heavy atom. The topological polar surface area (TPSA) is 46.4 Å². The average molecular weight is 283 g/mol. The van der Waals surface area contributed by atoms with Crippen molar-refractivity contribution >= 4 is 11.6 Å². The van der Waals surface area contributed by atoms with Crippen molar-refractivity contribution in [3.8, 4) is 0 Å². The van der Waals surface area contributed by atoms with E-state index >= 15 is 0 Å². The molecule has 0 atom stereocenters. The molecule has 0 saturated heterocycles. The molecule has 0 saturated carbocycles. The fourth-order valence-corrected chi connectivity index (χ4v) is 2.13. The third-order valence-corrected chi connectivity index (χ3v) is 3.17. The highest BCUT2D eigenvalue weighted by molar-refractivity contribution is 5.94. The summed E-state index contributed by atoms with van der Waals surface area (Å²) in [6.45, 7) is 0.486. The second-order valence-electron chi connectivity index (χ2n) is 4.72. The first-order valence-corrected chi connectivity index (χ1v) is 6.69. The Morgan fingerprint density at radius 3 is 2.76 bits per heavy atom. The Kier molecular flexibility index (Phi) is 3.64. The summed E-state index contributed by atoms with van der Waals surface area (Å²) in [7, 11) is 0. The average Bonchev–Trinajstić information content (AvgIpc) is 2.89. The van der Waals surface area contributed by atoms with Gasteiger partial charge in [-0.3, -0.25) is 4.79 Å². The Balaban J connectivity index is 1.60. The minimum absolute atomic E-state index is 0.106. The predicted octanol–water partition coefficient (Wildman–Crippen LogP) is 2.45. The van der Waals surface area contributed by atoms with E-state index in [2.05, 4.69) is 10.3 Å². The zero-order valence-corrected chi connectivity index (χ0v) is 11.3. The first kappa shape index (κ1) is 13.3. The number of fused-ring (bicyclic) bond motifs is 1. The van der Waals surface area contributed by atoms with E-state index in [0.717, 1.165) is 5.69 Å². The monoisotopic (exact) mass is 283 g/mol. The van der Waals surface area contributed by atoms with Gasteiger partial charge in [0.2, 0.25) is 0 Å². The lowest BCUT2D eigenvalue weighted by molar-refractivity contribution is 0.0954. The number of rotatable bonds is 4. The second kappa shape index (κ2) is 5.75. The molecule has 4 nitrogen and oxygen atoms in total. The van der Waals surface area contributed by atoms with Crippen molar-refractivity contribution in [2.24, 2.45) is 0 Å². The quantitative estimate of drug-likeness (QED) is 0.799. The van der Waals surface area contributed by atoms with Gasteiger partial charge in [-0.05, 0) is 24.3 Å². The number of nitrogens with one attached hydrogen (secondary N) is 1. The fraction of sp³-hybridized carbons (Fsp3) is 0.125. The van der Waals surface area contributed by atoms with Gasteiger partial charge in [0.05, 0.1) is 5.69 Å². The molecule has 5 heteroatoms. The highest BCUT2D eigenvalue weighted by Crippen LogP contribution is 2.07. The molecule has 2 aromatic heterocycles. The Hall–Kier alpha value is -2.69. The standard InChI is InChI=1S/C16H14FN3O/c17-13-6-7-15-19-14(11-20(15)10-13)8-9-18-16(21)12-4-2-1-3-5-12/h1-7,10-11H,8-9H2,(H,18,21). The van der Waals surface area contributed by atoms with E-state index in [1.54, 1.807) is 28.8 Å². The van der Waals surface area contributed by atoms with Crippen LogP contribution in [0.4, 0.5) is 4.39 Å². The molecule has 0 aliphatic heterocycles. The van der Waals surface area contributed by atoms with Crippen molar-refractivity contribution in [2.45, 2.75) is 6.42 Å². The second-order valence-corrected chi connectivity index (χ2v) is 4.72. The predicted molar refractivity (Wildman–Crippen MR) is 77.6 cm³/mol. The van der Waals surface area contributed by atoms with Crippen LogP contribution in [-0.4, -0.2) is 21.8 Å². The fourth-order valence-electron chi connectivity index (χ4n) is 2.13. The van der Waals surface area contributed by atoms with Gasteiger partial charge in [0, 0.05) is 30.9 Å². The summed E-state index contributed by atoms with van der Waals surface area (Å²) in [5.41, 5.74) is 2.14. The van der Waals surface area contributed by atoms with Crippen LogP contribution in [0.2, 0.25) is 0 Å². The minimum Gasteiger partial charge on any atom is -0.352 e. The molecule has 0 fully saturated rings. The molecule has 1 N–H and O–H groups in total. The van der Waals surface area contributed by atoms with E-state index in [9.17, 15) is 9.18 Å². The summed E-state index contributed by atoms with van der Waals surface area (Å²) in [6, 6.07) is 12.1. The van der Waals surface area contributed by atoms with Gasteiger partial charge in [-0.25, -0.2) is 9.37 Å². The van der Waals surface area contributed by atoms with Crippen LogP contribution < -0.4 is 5.32 Å². The first-order valence-electron chi connectivity index (χ1n) is 6.69. The lowest BCUT2D eigenvalue weighted by Gasteiger charge is -2.03. The normalized spacial score (nSPS) is 10.7. The van der Waals surface area contributed by atoms with Crippen LogP contribution in [0.1, 0.15) is 16.1 Å². The molecule has 0 aliphatic rings. The van der Waals surface area contributed by atoms with Gasteiger partial charge >= 0.3 is 0 Å². The number of amides is 1. The maximum Gasteiger partial charge on any atom is 0.251 e. The number of halogens is 1. The molecule has 0 bridgehead atoms. The van der Waals surface area contributed by atoms with Gasteiger partial charge in [-0.2, -0.15) is 0 Å². The summed E-state index contributed by atoms with van der Waals surface area (Å²) in [5.74, 6) is -0.408. The van der Waals surface area contributed by atoms with Crippen LogP contribution in [0.3, 0.4) is 0 Å². The van der Waals surface area contributed by atoms with Gasteiger partial charge in [-0.15, -0.1) is 0 Å². The number of carbonyl (C=O) groups excluding carboxylic acids is 1. The summed E-state index contributed by atoms with van der Waals surface area (Å²) in [6.07, 6.45) is 3.75. The molecule has 21 heavy (non-hydrogen) atoms. The van der Waals surface area contributed by atoms with E-state index in [1.165, 1.54) is 12.3 Å². The molecule has 0 aliphatic carbocycles.